The molecule has 0 spiro atoms. The molecule has 2 aromatic carbocycles. The molecule has 3 rings (SSSR count). The van der Waals surface area contributed by atoms with Gasteiger partial charge in [0.2, 0.25) is 5.91 Å². The van der Waals surface area contributed by atoms with E-state index in [-0.39, 0.29) is 12.0 Å². The first kappa shape index (κ1) is 21.4. The van der Waals surface area contributed by atoms with Gasteiger partial charge in [-0.25, -0.2) is 4.21 Å². The number of hydrogen-bond acceptors (Lipinski definition) is 4. The number of nitrogens with two attached hydrogens (primary N) is 1. The molecule has 30 heavy (non-hydrogen) atoms. The number of nitrogens with zero attached hydrogens (tertiary/aromatic N) is 2. The first-order valence-corrected chi connectivity index (χ1v) is 10.4. The number of aromatic nitrogens is 2. The lowest BCUT2D eigenvalue weighted by molar-refractivity contribution is -0.118. The van der Waals surface area contributed by atoms with Crippen molar-refractivity contribution in [1.82, 2.24) is 15.1 Å². The zero-order valence-electron chi connectivity index (χ0n) is 16.1. The molecule has 2 atom stereocenters. The second-order valence-electron chi connectivity index (χ2n) is 6.73. The maximum absolute atomic E-state index is 13.0. The fraction of sp³-hybridized carbons (Fsp3) is 0.190. The number of primary amides is 1. The second-order valence-corrected chi connectivity index (χ2v) is 7.85. The molecule has 9 heteroatoms. The molecule has 1 heterocycles. The van der Waals surface area contributed by atoms with Crippen molar-refractivity contribution in [3.05, 3.63) is 89.2 Å². The lowest BCUT2D eigenvalue weighted by Gasteiger charge is -2.18. The van der Waals surface area contributed by atoms with Gasteiger partial charge in [-0.2, -0.15) is 5.10 Å². The molecule has 8 nitrogen and oxygen atoms in total. The van der Waals surface area contributed by atoms with Crippen LogP contribution in [0.3, 0.4) is 0 Å². The van der Waals surface area contributed by atoms with Crippen LogP contribution in [0.25, 0.3) is 0 Å². The quantitative estimate of drug-likeness (QED) is 0.451. The van der Waals surface area contributed by atoms with Gasteiger partial charge in [0.25, 0.3) is 5.91 Å². The third kappa shape index (κ3) is 5.62. The Labute approximate surface area is 176 Å². The number of nitrogens with one attached hydrogen (secondary N) is 1. The highest BCUT2D eigenvalue weighted by Crippen LogP contribution is 2.27. The Balaban J connectivity index is 1.92. The maximum atomic E-state index is 13.0. The summed E-state index contributed by atoms with van der Waals surface area (Å²) in [6.45, 7) is 0.722. The Morgan fingerprint density at radius 3 is 2.53 bits per heavy atom. The van der Waals surface area contributed by atoms with E-state index in [9.17, 15) is 18.4 Å². The minimum absolute atomic E-state index is 0.226. The molecule has 0 aliphatic carbocycles. The van der Waals surface area contributed by atoms with E-state index in [2.05, 4.69) is 10.4 Å². The van der Waals surface area contributed by atoms with Crippen LogP contribution < -0.4 is 11.1 Å². The number of amides is 2. The van der Waals surface area contributed by atoms with Crippen LogP contribution in [0, 0.1) is 0 Å². The fourth-order valence-electron chi connectivity index (χ4n) is 3.11. The minimum Gasteiger partial charge on any atom is -0.370 e. The number of benzene rings is 2. The van der Waals surface area contributed by atoms with E-state index in [0.717, 1.165) is 11.1 Å². The van der Waals surface area contributed by atoms with Crippen LogP contribution >= 0.6 is 0 Å². The number of carbonyl (C=O) groups excluding carboxylic acids is 2. The molecule has 2 amide bonds. The van der Waals surface area contributed by atoms with Crippen molar-refractivity contribution in [1.29, 1.82) is 0 Å². The molecule has 2 unspecified atom stereocenters. The number of rotatable bonds is 9. The van der Waals surface area contributed by atoms with Gasteiger partial charge < -0.3 is 15.6 Å². The highest BCUT2D eigenvalue weighted by atomic mass is 32.2. The Hall–Kier alpha value is -3.30. The maximum Gasteiger partial charge on any atom is 0.251 e. The van der Waals surface area contributed by atoms with Gasteiger partial charge in [-0.1, -0.05) is 42.5 Å². The lowest BCUT2D eigenvalue weighted by atomic mass is 9.98. The standard InChI is InChI=1S/C21H22N4O4S/c22-20(26)12-19(30(28)29)17-8-7-16(14-25-10-4-9-24-25)11-18(17)21(27)23-13-15-5-2-1-3-6-15/h1-11,19H,12-14H2,(H2,22,26)(H,23,27)(H,28,29). The van der Waals surface area contributed by atoms with Crippen molar-refractivity contribution < 1.29 is 18.4 Å². The van der Waals surface area contributed by atoms with Gasteiger partial charge in [0.1, 0.15) is 0 Å². The summed E-state index contributed by atoms with van der Waals surface area (Å²) in [6.07, 6.45) is 3.10. The van der Waals surface area contributed by atoms with Crippen LogP contribution in [0.5, 0.6) is 0 Å². The van der Waals surface area contributed by atoms with Gasteiger partial charge in [0.05, 0.1) is 11.8 Å². The van der Waals surface area contributed by atoms with Gasteiger partial charge in [0, 0.05) is 30.9 Å². The summed E-state index contributed by atoms with van der Waals surface area (Å²) in [4.78, 5) is 24.4. The molecule has 0 saturated carbocycles. The normalized spacial score (nSPS) is 12.8. The first-order valence-electron chi connectivity index (χ1n) is 9.24. The lowest BCUT2D eigenvalue weighted by Crippen LogP contribution is -2.26. The van der Waals surface area contributed by atoms with Crippen molar-refractivity contribution >= 4 is 22.9 Å². The van der Waals surface area contributed by atoms with Crippen LogP contribution in [0.1, 0.15) is 38.7 Å². The van der Waals surface area contributed by atoms with Crippen LogP contribution in [0.15, 0.2) is 67.0 Å². The summed E-state index contributed by atoms with van der Waals surface area (Å²) >= 11 is -2.38. The summed E-state index contributed by atoms with van der Waals surface area (Å²) in [5, 5.41) is 5.89. The average Bonchev–Trinajstić information content (AvgIpc) is 3.24. The van der Waals surface area contributed by atoms with Gasteiger partial charge >= 0.3 is 0 Å². The van der Waals surface area contributed by atoms with Crippen molar-refractivity contribution in [2.45, 2.75) is 24.8 Å². The summed E-state index contributed by atoms with van der Waals surface area (Å²) < 4.78 is 23.3. The van der Waals surface area contributed by atoms with E-state index in [4.69, 9.17) is 5.73 Å². The molecular formula is C21H22N4O4S. The van der Waals surface area contributed by atoms with E-state index in [1.807, 2.05) is 30.3 Å². The predicted molar refractivity (Wildman–Crippen MR) is 113 cm³/mol. The SMILES string of the molecule is NC(=O)CC(c1ccc(Cn2cccn2)cc1C(=O)NCc1ccccc1)S(=O)O. The average molecular weight is 426 g/mol. The molecule has 4 N–H and O–H groups in total. The molecule has 0 bridgehead atoms. The molecular weight excluding hydrogens is 404 g/mol. The Bertz CT molecular complexity index is 1040. The van der Waals surface area contributed by atoms with Crippen LogP contribution in [0.2, 0.25) is 0 Å². The Morgan fingerprint density at radius 2 is 1.90 bits per heavy atom. The predicted octanol–water partition coefficient (Wildman–Crippen LogP) is 2.00. The molecule has 0 fully saturated rings. The third-order valence-corrected chi connectivity index (χ3v) is 5.45. The molecule has 0 saturated heterocycles. The first-order chi connectivity index (χ1) is 14.4. The van der Waals surface area contributed by atoms with Gasteiger partial charge in [-0.05, 0) is 28.8 Å². The monoisotopic (exact) mass is 426 g/mol. The largest absolute Gasteiger partial charge is 0.370 e. The van der Waals surface area contributed by atoms with Crippen LogP contribution in [-0.4, -0.2) is 30.4 Å². The highest BCUT2D eigenvalue weighted by Gasteiger charge is 2.26. The van der Waals surface area contributed by atoms with Gasteiger partial charge in [0.15, 0.2) is 11.1 Å². The van der Waals surface area contributed by atoms with Crippen LogP contribution in [0.4, 0.5) is 0 Å². The van der Waals surface area contributed by atoms with Crippen molar-refractivity contribution in [3.8, 4) is 0 Å². The zero-order valence-corrected chi connectivity index (χ0v) is 16.9. The summed E-state index contributed by atoms with van der Waals surface area (Å²) in [5.41, 5.74) is 7.48. The molecule has 1 aromatic heterocycles. The second kappa shape index (κ2) is 9.95. The number of carbonyl (C=O) groups is 2. The smallest absolute Gasteiger partial charge is 0.251 e. The van der Waals surface area contributed by atoms with Gasteiger partial charge in [-0.3, -0.25) is 14.3 Å². The van der Waals surface area contributed by atoms with Crippen LogP contribution in [-0.2, 0) is 29.0 Å². The molecule has 0 radical (unpaired) electrons. The summed E-state index contributed by atoms with van der Waals surface area (Å²) in [5.74, 6) is -1.13. The molecule has 3 aromatic rings. The molecule has 0 aliphatic heterocycles. The summed E-state index contributed by atoms with van der Waals surface area (Å²) in [7, 11) is 0. The number of hydrogen-bond donors (Lipinski definition) is 3. The van der Waals surface area contributed by atoms with Gasteiger partial charge in [-0.15, -0.1) is 0 Å². The van der Waals surface area contributed by atoms with E-state index in [0.29, 0.717) is 18.7 Å². The molecule has 156 valence electrons. The minimum atomic E-state index is -2.38. The Morgan fingerprint density at radius 1 is 1.13 bits per heavy atom. The molecule has 0 aliphatic rings. The fourth-order valence-corrected chi connectivity index (χ4v) is 3.84. The van der Waals surface area contributed by atoms with E-state index < -0.39 is 28.1 Å². The topological polar surface area (TPSA) is 127 Å². The van der Waals surface area contributed by atoms with Crippen molar-refractivity contribution in [2.24, 2.45) is 5.73 Å². The van der Waals surface area contributed by atoms with Crippen molar-refractivity contribution in [2.75, 3.05) is 0 Å². The highest BCUT2D eigenvalue weighted by molar-refractivity contribution is 7.79. The zero-order chi connectivity index (χ0) is 21.5. The Kier molecular flexibility index (Phi) is 7.10. The van der Waals surface area contributed by atoms with E-state index >= 15 is 0 Å². The van der Waals surface area contributed by atoms with E-state index in [1.54, 1.807) is 41.3 Å². The third-order valence-electron chi connectivity index (χ3n) is 4.54. The van der Waals surface area contributed by atoms with Crippen molar-refractivity contribution in [3.63, 3.8) is 0 Å². The van der Waals surface area contributed by atoms with E-state index in [1.165, 1.54) is 0 Å². The summed E-state index contributed by atoms with van der Waals surface area (Å²) in [6, 6.07) is 16.2.